The molecule has 1 atom stereocenters. The highest BCUT2D eigenvalue weighted by Crippen LogP contribution is 2.44. The number of aliphatic hydroxyl groups is 1. The Balaban J connectivity index is 1.26. The topological polar surface area (TPSA) is 100 Å². The van der Waals surface area contributed by atoms with Gasteiger partial charge in [-0.1, -0.05) is 11.6 Å². The van der Waals surface area contributed by atoms with E-state index in [0.717, 1.165) is 42.9 Å². The van der Waals surface area contributed by atoms with E-state index in [4.69, 9.17) is 21.1 Å². The lowest BCUT2D eigenvalue weighted by Gasteiger charge is -2.38. The molecule has 4 rings (SSSR count). The summed E-state index contributed by atoms with van der Waals surface area (Å²) in [7, 11) is 0. The zero-order chi connectivity index (χ0) is 23.6. The average molecular weight is 475 g/mol. The molecule has 0 saturated heterocycles. The highest BCUT2D eigenvalue weighted by Gasteiger charge is 2.42. The first kappa shape index (κ1) is 23.7. The number of aromatic hydroxyl groups is 1. The van der Waals surface area contributed by atoms with Gasteiger partial charge >= 0.3 is 0 Å². The van der Waals surface area contributed by atoms with Gasteiger partial charge in [-0.15, -0.1) is 0 Å². The van der Waals surface area contributed by atoms with E-state index in [1.165, 1.54) is 24.6 Å². The lowest BCUT2D eigenvalue weighted by Crippen LogP contribution is -2.49. The molecule has 1 spiro atoms. The maximum atomic E-state index is 11.4. The summed E-state index contributed by atoms with van der Waals surface area (Å²) in [6.07, 6.45) is 4.69. The maximum absolute atomic E-state index is 11.4. The van der Waals surface area contributed by atoms with Crippen molar-refractivity contribution in [3.8, 4) is 17.2 Å². The Morgan fingerprint density at radius 2 is 2.03 bits per heavy atom. The predicted molar refractivity (Wildman–Crippen MR) is 127 cm³/mol. The van der Waals surface area contributed by atoms with Gasteiger partial charge in [0.2, 0.25) is 5.91 Å². The summed E-state index contributed by atoms with van der Waals surface area (Å²) in [5.74, 6) is 1.03. The van der Waals surface area contributed by atoms with Crippen molar-refractivity contribution in [1.29, 1.82) is 0 Å². The molecule has 4 N–H and O–H groups in total. The van der Waals surface area contributed by atoms with Crippen LogP contribution in [-0.2, 0) is 11.2 Å². The molecule has 0 radical (unpaired) electrons. The zero-order valence-electron chi connectivity index (χ0n) is 19.0. The highest BCUT2D eigenvalue weighted by atomic mass is 35.5. The second kappa shape index (κ2) is 9.41. The van der Waals surface area contributed by atoms with Gasteiger partial charge in [0.25, 0.3) is 0 Å². The van der Waals surface area contributed by atoms with E-state index in [2.05, 4.69) is 10.6 Å². The number of rotatable bonds is 7. The van der Waals surface area contributed by atoms with Crippen LogP contribution in [0.1, 0.15) is 45.1 Å². The number of phenolic OH excluding ortho intramolecular Hbond substituents is 1. The Morgan fingerprint density at radius 1 is 1.27 bits per heavy atom. The number of phenols is 1. The van der Waals surface area contributed by atoms with Crippen LogP contribution < -0.4 is 20.1 Å². The summed E-state index contributed by atoms with van der Waals surface area (Å²) in [5.41, 5.74) is 0.344. The van der Waals surface area contributed by atoms with Crippen molar-refractivity contribution >= 4 is 23.2 Å². The van der Waals surface area contributed by atoms with Crippen molar-refractivity contribution < 1.29 is 24.5 Å². The van der Waals surface area contributed by atoms with Crippen molar-refractivity contribution in [2.45, 2.75) is 63.2 Å². The number of ether oxygens (including phenoxy) is 2. The highest BCUT2D eigenvalue weighted by molar-refractivity contribution is 6.30. The summed E-state index contributed by atoms with van der Waals surface area (Å²) >= 11 is 6.13. The minimum atomic E-state index is -1.13. The normalized spacial score (nSPS) is 23.5. The third kappa shape index (κ3) is 5.91. The van der Waals surface area contributed by atoms with Gasteiger partial charge in [0.05, 0.1) is 5.69 Å². The SMILES string of the molecule is CC(=O)Nc1ccc(O)cc1OC[C@@](C)(O)CNC1CCC2(CC1)Cc1cc(Cl)ccc1O2. The molecule has 7 nitrogen and oxygen atoms in total. The second-order valence-electron chi connectivity index (χ2n) is 9.52. The van der Waals surface area contributed by atoms with Crippen LogP contribution in [0.25, 0.3) is 0 Å². The van der Waals surface area contributed by atoms with Crippen LogP contribution in [0.2, 0.25) is 5.02 Å². The van der Waals surface area contributed by atoms with E-state index in [0.29, 0.717) is 18.0 Å². The molecular formula is C25H31ClN2O5. The molecular weight excluding hydrogens is 444 g/mol. The van der Waals surface area contributed by atoms with E-state index < -0.39 is 5.60 Å². The zero-order valence-corrected chi connectivity index (χ0v) is 19.7. The van der Waals surface area contributed by atoms with Gasteiger partial charge in [0.1, 0.15) is 35.1 Å². The first-order chi connectivity index (χ1) is 15.6. The molecule has 0 bridgehead atoms. The predicted octanol–water partition coefficient (Wildman–Crippen LogP) is 4.04. The molecule has 2 aromatic carbocycles. The molecule has 1 aliphatic carbocycles. The fraction of sp³-hybridized carbons (Fsp3) is 0.480. The Kier molecular flexibility index (Phi) is 6.75. The van der Waals surface area contributed by atoms with E-state index in [9.17, 15) is 15.0 Å². The molecule has 1 saturated carbocycles. The maximum Gasteiger partial charge on any atom is 0.221 e. The molecule has 2 aromatic rings. The van der Waals surface area contributed by atoms with Crippen molar-refractivity contribution in [3.05, 3.63) is 47.0 Å². The summed E-state index contributed by atoms with van der Waals surface area (Å²) < 4.78 is 12.1. The summed E-state index contributed by atoms with van der Waals surface area (Å²) in [4.78, 5) is 11.4. The fourth-order valence-electron chi connectivity index (χ4n) is 4.60. The number of carbonyl (C=O) groups excluding carboxylic acids is 1. The number of hydrogen-bond acceptors (Lipinski definition) is 6. The Hall–Kier alpha value is -2.48. The first-order valence-electron chi connectivity index (χ1n) is 11.3. The molecule has 2 aliphatic rings. The summed E-state index contributed by atoms with van der Waals surface area (Å²) in [6.45, 7) is 3.46. The van der Waals surface area contributed by atoms with Crippen molar-refractivity contribution in [2.75, 3.05) is 18.5 Å². The Bertz CT molecular complexity index is 1020. The number of halogens is 1. The van der Waals surface area contributed by atoms with Crippen LogP contribution in [0.3, 0.4) is 0 Å². The van der Waals surface area contributed by atoms with Gasteiger partial charge < -0.3 is 30.3 Å². The van der Waals surface area contributed by atoms with Gasteiger partial charge in [0, 0.05) is 37.0 Å². The van der Waals surface area contributed by atoms with Crippen LogP contribution in [-0.4, -0.2) is 46.5 Å². The minimum Gasteiger partial charge on any atom is -0.508 e. The number of nitrogens with one attached hydrogen (secondary N) is 2. The van der Waals surface area contributed by atoms with Crippen LogP contribution in [0.5, 0.6) is 17.2 Å². The smallest absolute Gasteiger partial charge is 0.221 e. The van der Waals surface area contributed by atoms with Gasteiger partial charge in [-0.2, -0.15) is 0 Å². The largest absolute Gasteiger partial charge is 0.508 e. The van der Waals surface area contributed by atoms with E-state index in [1.807, 2.05) is 18.2 Å². The van der Waals surface area contributed by atoms with Crippen molar-refractivity contribution in [2.24, 2.45) is 0 Å². The standard InChI is InChI=1S/C25H31ClN2O5/c1-16(29)28-21-5-4-20(30)12-23(21)32-15-24(2,31)14-27-19-7-9-25(10-8-19)13-17-11-18(26)3-6-22(17)33-25/h3-6,11-12,19,27,30-31H,7-10,13-15H2,1-2H3,(H,28,29)/t19?,24-,25?/m0/s1. The quantitative estimate of drug-likeness (QED) is 0.452. The van der Waals surface area contributed by atoms with Crippen LogP contribution in [0.15, 0.2) is 36.4 Å². The number of benzene rings is 2. The van der Waals surface area contributed by atoms with Crippen LogP contribution in [0, 0.1) is 0 Å². The van der Waals surface area contributed by atoms with E-state index in [1.54, 1.807) is 13.0 Å². The lowest BCUT2D eigenvalue weighted by molar-refractivity contribution is -0.114. The number of hydrogen-bond donors (Lipinski definition) is 4. The second-order valence-corrected chi connectivity index (χ2v) is 9.95. The molecule has 178 valence electrons. The number of fused-ring (bicyclic) bond motifs is 1. The molecule has 33 heavy (non-hydrogen) atoms. The van der Waals surface area contributed by atoms with Gasteiger partial charge in [-0.05, 0) is 68.5 Å². The van der Waals surface area contributed by atoms with Crippen molar-refractivity contribution in [3.63, 3.8) is 0 Å². The van der Waals surface area contributed by atoms with Gasteiger partial charge in [-0.3, -0.25) is 4.79 Å². The summed E-state index contributed by atoms with van der Waals surface area (Å²) in [6, 6.07) is 10.6. The number of amides is 1. The Morgan fingerprint density at radius 3 is 2.76 bits per heavy atom. The average Bonchev–Trinajstić information content (AvgIpc) is 3.10. The fourth-order valence-corrected chi connectivity index (χ4v) is 4.80. The monoisotopic (exact) mass is 474 g/mol. The lowest BCUT2D eigenvalue weighted by atomic mass is 9.79. The molecule has 1 amide bonds. The van der Waals surface area contributed by atoms with Crippen LogP contribution in [0.4, 0.5) is 5.69 Å². The third-order valence-corrected chi connectivity index (χ3v) is 6.58. The number of anilines is 1. The first-order valence-corrected chi connectivity index (χ1v) is 11.7. The molecule has 8 heteroatoms. The van der Waals surface area contributed by atoms with Gasteiger partial charge in [0.15, 0.2) is 0 Å². The van der Waals surface area contributed by atoms with Gasteiger partial charge in [-0.25, -0.2) is 0 Å². The number of carbonyl (C=O) groups is 1. The molecule has 1 heterocycles. The molecule has 1 fully saturated rings. The third-order valence-electron chi connectivity index (χ3n) is 6.34. The molecule has 1 aliphatic heterocycles. The molecule has 0 aromatic heterocycles. The van der Waals surface area contributed by atoms with E-state index >= 15 is 0 Å². The van der Waals surface area contributed by atoms with Crippen molar-refractivity contribution in [1.82, 2.24) is 5.32 Å². The Labute approximate surface area is 199 Å². The minimum absolute atomic E-state index is 0.00583. The van der Waals surface area contributed by atoms with E-state index in [-0.39, 0.29) is 29.9 Å². The summed E-state index contributed by atoms with van der Waals surface area (Å²) in [5, 5.41) is 27.4. The molecule has 0 unspecified atom stereocenters. The van der Waals surface area contributed by atoms with Crippen LogP contribution >= 0.6 is 11.6 Å².